The van der Waals surface area contributed by atoms with E-state index < -0.39 is 0 Å². The van der Waals surface area contributed by atoms with Crippen LogP contribution < -0.4 is 5.32 Å². The van der Waals surface area contributed by atoms with Crippen molar-refractivity contribution in [2.45, 2.75) is 26.4 Å². The average Bonchev–Trinajstić information content (AvgIpc) is 2.82. The number of benzene rings is 1. The Morgan fingerprint density at radius 1 is 1.26 bits per heavy atom. The second-order valence-corrected chi connectivity index (χ2v) is 6.86. The Kier molecular flexibility index (Phi) is 5.09. The maximum absolute atomic E-state index is 4.30. The molecule has 1 heterocycles. The zero-order valence-electron chi connectivity index (χ0n) is 10.6. The number of rotatable bonds is 4. The molecule has 0 aliphatic rings. The number of hydrogen-bond acceptors (Lipinski definition) is 2. The Balaban J connectivity index is 2.21. The molecule has 0 bridgehead atoms. The first-order valence-electron chi connectivity index (χ1n) is 5.94. The molecule has 0 aliphatic heterocycles. The number of anilines is 1. The Hall–Kier alpha value is -0.330. The van der Waals surface area contributed by atoms with E-state index in [0.29, 0.717) is 0 Å². The largest absolute Gasteiger partial charge is 0.377 e. The van der Waals surface area contributed by atoms with E-state index in [4.69, 9.17) is 0 Å². The number of halogens is 3. The quantitative estimate of drug-likeness (QED) is 0.677. The summed E-state index contributed by atoms with van der Waals surface area (Å²) in [6, 6.07) is 4.24. The molecular formula is C13H14Br3N3. The van der Waals surface area contributed by atoms with Crippen LogP contribution in [-0.4, -0.2) is 9.78 Å². The highest BCUT2D eigenvalue weighted by atomic mass is 79.9. The third kappa shape index (κ3) is 3.61. The summed E-state index contributed by atoms with van der Waals surface area (Å²) in [6.07, 6.45) is 3.97. The smallest absolute Gasteiger partial charge is 0.0634 e. The van der Waals surface area contributed by atoms with Gasteiger partial charge in [-0.1, -0.05) is 15.9 Å². The Morgan fingerprint density at radius 2 is 1.89 bits per heavy atom. The summed E-state index contributed by atoms with van der Waals surface area (Å²) < 4.78 is 4.99. The van der Waals surface area contributed by atoms with Crippen LogP contribution >= 0.6 is 47.8 Å². The van der Waals surface area contributed by atoms with E-state index in [-0.39, 0.29) is 6.04 Å². The van der Waals surface area contributed by atoms with Crippen LogP contribution in [0.25, 0.3) is 0 Å². The molecule has 3 nitrogen and oxygen atoms in total. The lowest BCUT2D eigenvalue weighted by Crippen LogP contribution is -2.07. The summed E-state index contributed by atoms with van der Waals surface area (Å²) >= 11 is 10.6. The van der Waals surface area contributed by atoms with Gasteiger partial charge in [0.2, 0.25) is 0 Å². The lowest BCUT2D eigenvalue weighted by atomic mass is 10.2. The summed E-state index contributed by atoms with van der Waals surface area (Å²) in [5, 5.41) is 7.79. The number of aromatic nitrogens is 2. The first-order chi connectivity index (χ1) is 9.01. The van der Waals surface area contributed by atoms with Crippen molar-refractivity contribution in [3.8, 4) is 0 Å². The van der Waals surface area contributed by atoms with E-state index >= 15 is 0 Å². The highest BCUT2D eigenvalue weighted by Gasteiger charge is 2.12. The molecule has 1 aromatic carbocycles. The Morgan fingerprint density at radius 3 is 2.42 bits per heavy atom. The van der Waals surface area contributed by atoms with Crippen molar-refractivity contribution in [2.24, 2.45) is 0 Å². The van der Waals surface area contributed by atoms with Gasteiger partial charge in [0.1, 0.15) is 0 Å². The van der Waals surface area contributed by atoms with Gasteiger partial charge in [0.25, 0.3) is 0 Å². The molecule has 1 atom stereocenters. The molecule has 0 radical (unpaired) electrons. The van der Waals surface area contributed by atoms with Crippen molar-refractivity contribution >= 4 is 53.5 Å². The SMILES string of the molecule is CCn1cc(C(C)Nc2c(Br)cc(Br)cc2Br)cn1. The van der Waals surface area contributed by atoms with Gasteiger partial charge in [-0.15, -0.1) is 0 Å². The number of hydrogen-bond donors (Lipinski definition) is 1. The molecule has 2 rings (SSSR count). The minimum atomic E-state index is 0.189. The van der Waals surface area contributed by atoms with Gasteiger partial charge in [0.05, 0.1) is 17.9 Å². The predicted molar refractivity (Wildman–Crippen MR) is 89.5 cm³/mol. The Bertz CT molecular complexity index is 557. The monoisotopic (exact) mass is 449 g/mol. The molecule has 0 amide bonds. The third-order valence-corrected chi connectivity index (χ3v) is 4.55. The van der Waals surface area contributed by atoms with Crippen molar-refractivity contribution < 1.29 is 0 Å². The van der Waals surface area contributed by atoms with E-state index in [2.05, 4.69) is 78.2 Å². The van der Waals surface area contributed by atoms with Crippen LogP contribution in [0.4, 0.5) is 5.69 Å². The lowest BCUT2D eigenvalue weighted by molar-refractivity contribution is 0.658. The zero-order valence-corrected chi connectivity index (χ0v) is 15.4. The fourth-order valence-electron chi connectivity index (χ4n) is 1.76. The van der Waals surface area contributed by atoms with Gasteiger partial charge in [-0.3, -0.25) is 4.68 Å². The highest BCUT2D eigenvalue weighted by molar-refractivity contribution is 9.11. The van der Waals surface area contributed by atoms with Crippen LogP contribution in [0, 0.1) is 0 Å². The summed E-state index contributed by atoms with van der Waals surface area (Å²) in [4.78, 5) is 0. The van der Waals surface area contributed by atoms with E-state index in [1.54, 1.807) is 0 Å². The van der Waals surface area contributed by atoms with Crippen molar-refractivity contribution in [1.29, 1.82) is 0 Å². The molecule has 0 saturated heterocycles. The van der Waals surface area contributed by atoms with Crippen molar-refractivity contribution in [1.82, 2.24) is 9.78 Å². The first kappa shape index (κ1) is 15.1. The van der Waals surface area contributed by atoms with Gasteiger partial charge >= 0.3 is 0 Å². The van der Waals surface area contributed by atoms with Crippen molar-refractivity contribution in [2.75, 3.05) is 5.32 Å². The molecule has 6 heteroatoms. The topological polar surface area (TPSA) is 29.9 Å². The molecule has 0 aliphatic carbocycles. The minimum absolute atomic E-state index is 0.189. The van der Waals surface area contributed by atoms with E-state index in [1.807, 2.05) is 23.0 Å². The molecule has 102 valence electrons. The molecule has 0 spiro atoms. The van der Waals surface area contributed by atoms with Crippen molar-refractivity contribution in [3.63, 3.8) is 0 Å². The molecule has 19 heavy (non-hydrogen) atoms. The van der Waals surface area contributed by atoms with Gasteiger partial charge in [-0.05, 0) is 57.8 Å². The second kappa shape index (κ2) is 6.41. The number of nitrogens with one attached hydrogen (secondary N) is 1. The summed E-state index contributed by atoms with van der Waals surface area (Å²) in [7, 11) is 0. The van der Waals surface area contributed by atoms with E-state index in [0.717, 1.165) is 25.7 Å². The van der Waals surface area contributed by atoms with Crippen LogP contribution in [0.1, 0.15) is 25.5 Å². The third-order valence-electron chi connectivity index (χ3n) is 2.84. The molecule has 1 N–H and O–H groups in total. The molecule has 0 saturated carbocycles. The first-order valence-corrected chi connectivity index (χ1v) is 8.32. The molecular weight excluding hydrogens is 438 g/mol. The molecule has 0 fully saturated rings. The van der Waals surface area contributed by atoms with Gasteiger partial charge in [-0.2, -0.15) is 5.10 Å². The lowest BCUT2D eigenvalue weighted by Gasteiger charge is -2.17. The fraction of sp³-hybridized carbons (Fsp3) is 0.308. The molecule has 1 unspecified atom stereocenters. The zero-order chi connectivity index (χ0) is 14.0. The van der Waals surface area contributed by atoms with Gasteiger partial charge < -0.3 is 5.32 Å². The van der Waals surface area contributed by atoms with E-state index in [1.165, 1.54) is 5.56 Å². The van der Waals surface area contributed by atoms with Crippen LogP contribution in [0.15, 0.2) is 37.9 Å². The summed E-state index contributed by atoms with van der Waals surface area (Å²) in [5.41, 5.74) is 2.21. The normalized spacial score (nSPS) is 12.5. The van der Waals surface area contributed by atoms with Gasteiger partial charge in [0, 0.05) is 31.7 Å². The summed E-state index contributed by atoms with van der Waals surface area (Å²) in [6.45, 7) is 5.09. The van der Waals surface area contributed by atoms with Crippen LogP contribution in [-0.2, 0) is 6.54 Å². The maximum Gasteiger partial charge on any atom is 0.0634 e. The van der Waals surface area contributed by atoms with Gasteiger partial charge in [0.15, 0.2) is 0 Å². The van der Waals surface area contributed by atoms with Crippen LogP contribution in [0.2, 0.25) is 0 Å². The standard InChI is InChI=1S/C13H14Br3N3/c1-3-19-7-9(6-17-19)8(2)18-13-11(15)4-10(14)5-12(13)16/h4-8,18H,3H2,1-2H3. The minimum Gasteiger partial charge on any atom is -0.377 e. The summed E-state index contributed by atoms with van der Waals surface area (Å²) in [5.74, 6) is 0. The molecule has 1 aromatic heterocycles. The average molecular weight is 452 g/mol. The van der Waals surface area contributed by atoms with Gasteiger partial charge in [-0.25, -0.2) is 0 Å². The second-order valence-electron chi connectivity index (χ2n) is 4.24. The van der Waals surface area contributed by atoms with Crippen LogP contribution in [0.3, 0.4) is 0 Å². The van der Waals surface area contributed by atoms with E-state index in [9.17, 15) is 0 Å². The fourth-order valence-corrected chi connectivity index (χ4v) is 4.24. The molecule has 2 aromatic rings. The van der Waals surface area contributed by atoms with Crippen molar-refractivity contribution in [3.05, 3.63) is 43.5 Å². The Labute approximate surface area is 138 Å². The number of aryl methyl sites for hydroxylation is 1. The van der Waals surface area contributed by atoms with Crippen LogP contribution in [0.5, 0.6) is 0 Å². The highest BCUT2D eigenvalue weighted by Crippen LogP contribution is 2.36. The number of nitrogens with zero attached hydrogens (tertiary/aromatic N) is 2. The maximum atomic E-state index is 4.30. The predicted octanol–water partition coefficient (Wildman–Crippen LogP) is 5.36.